The lowest BCUT2D eigenvalue weighted by atomic mass is 10.1. The first-order chi connectivity index (χ1) is 12.9. The minimum Gasteiger partial charge on any atom is -0.398 e. The number of carbonyl (C=O) groups is 3. The van der Waals surface area contributed by atoms with Gasteiger partial charge < -0.3 is 15.5 Å². The Hall–Kier alpha value is -2.67. The van der Waals surface area contributed by atoms with Gasteiger partial charge in [-0.15, -0.1) is 0 Å². The number of Topliss-reactive ketones (excluding diaryl/α,β-unsaturated/α-hetero) is 1. The van der Waals surface area contributed by atoms with Gasteiger partial charge in [-0.1, -0.05) is 34.1 Å². The second-order valence-electron chi connectivity index (χ2n) is 6.53. The molecule has 1 aliphatic heterocycles. The summed E-state index contributed by atoms with van der Waals surface area (Å²) in [6.07, 6.45) is 0. The van der Waals surface area contributed by atoms with Crippen molar-refractivity contribution in [3.05, 3.63) is 64.1 Å². The van der Waals surface area contributed by atoms with E-state index in [1.165, 1.54) is 4.90 Å². The Morgan fingerprint density at radius 1 is 1.07 bits per heavy atom. The normalized spacial score (nSPS) is 16.9. The van der Waals surface area contributed by atoms with Gasteiger partial charge in [0.25, 0.3) is 17.6 Å². The van der Waals surface area contributed by atoms with Crippen LogP contribution in [0.4, 0.5) is 5.69 Å². The topological polar surface area (TPSA) is 83.7 Å². The van der Waals surface area contributed by atoms with Crippen molar-refractivity contribution in [1.29, 1.82) is 0 Å². The molecule has 1 heterocycles. The molecular weight excluding hydrogens is 410 g/mol. The van der Waals surface area contributed by atoms with E-state index in [4.69, 9.17) is 5.73 Å². The Labute approximate surface area is 166 Å². The molecular formula is C20H20BrN3O3. The number of amides is 2. The summed E-state index contributed by atoms with van der Waals surface area (Å²) in [6, 6.07) is 13.6. The van der Waals surface area contributed by atoms with E-state index in [2.05, 4.69) is 15.9 Å². The van der Waals surface area contributed by atoms with Crippen LogP contribution in [0, 0.1) is 0 Å². The van der Waals surface area contributed by atoms with E-state index in [1.54, 1.807) is 35.2 Å². The van der Waals surface area contributed by atoms with Crippen molar-refractivity contribution in [2.75, 3.05) is 25.4 Å². The molecule has 0 spiro atoms. The van der Waals surface area contributed by atoms with Gasteiger partial charge in [0.1, 0.15) is 0 Å². The summed E-state index contributed by atoms with van der Waals surface area (Å²) in [5.41, 5.74) is 6.94. The van der Waals surface area contributed by atoms with Gasteiger partial charge in [0.2, 0.25) is 0 Å². The number of benzene rings is 2. The molecule has 27 heavy (non-hydrogen) atoms. The summed E-state index contributed by atoms with van der Waals surface area (Å²) in [5, 5.41) is 0. The summed E-state index contributed by atoms with van der Waals surface area (Å²) >= 11 is 3.28. The molecule has 1 saturated heterocycles. The Bertz CT molecular complexity index is 885. The van der Waals surface area contributed by atoms with Crippen LogP contribution in [0.15, 0.2) is 53.0 Å². The largest absolute Gasteiger partial charge is 0.398 e. The first-order valence-corrected chi connectivity index (χ1v) is 9.42. The molecule has 2 amide bonds. The maximum atomic E-state index is 12.7. The maximum absolute atomic E-state index is 12.7. The van der Waals surface area contributed by atoms with E-state index in [0.717, 1.165) is 4.47 Å². The van der Waals surface area contributed by atoms with Crippen LogP contribution in [0.25, 0.3) is 0 Å². The highest BCUT2D eigenvalue weighted by Crippen LogP contribution is 2.21. The van der Waals surface area contributed by atoms with E-state index in [-0.39, 0.29) is 23.2 Å². The third-order valence-corrected chi connectivity index (χ3v) is 5.14. The second kappa shape index (κ2) is 7.92. The number of nitrogen functional groups attached to an aromatic ring is 1. The van der Waals surface area contributed by atoms with Gasteiger partial charge in [0, 0.05) is 41.4 Å². The molecule has 2 aromatic rings. The fourth-order valence-corrected chi connectivity index (χ4v) is 3.57. The summed E-state index contributed by atoms with van der Waals surface area (Å²) < 4.78 is 0.741. The lowest BCUT2D eigenvalue weighted by Gasteiger charge is -2.39. The van der Waals surface area contributed by atoms with Gasteiger partial charge in [-0.2, -0.15) is 0 Å². The van der Waals surface area contributed by atoms with Crippen molar-refractivity contribution in [1.82, 2.24) is 9.80 Å². The minimum atomic E-state index is -0.630. The molecule has 3 rings (SSSR count). The molecule has 1 unspecified atom stereocenters. The van der Waals surface area contributed by atoms with E-state index < -0.39 is 11.7 Å². The second-order valence-corrected chi connectivity index (χ2v) is 7.44. The van der Waals surface area contributed by atoms with Crippen LogP contribution in [0.1, 0.15) is 27.6 Å². The SMILES string of the molecule is CC1CN(C(=O)c2ccccc2)CCN1C(=O)C(=O)c1ccc(Br)cc1N. The van der Waals surface area contributed by atoms with Crippen LogP contribution in [0.5, 0.6) is 0 Å². The van der Waals surface area contributed by atoms with Gasteiger partial charge >= 0.3 is 0 Å². The predicted octanol–water partition coefficient (Wildman–Crippen LogP) is 2.59. The molecule has 0 bridgehead atoms. The Morgan fingerprint density at radius 3 is 2.41 bits per heavy atom. The number of carbonyl (C=O) groups excluding carboxylic acids is 3. The zero-order valence-corrected chi connectivity index (χ0v) is 16.5. The van der Waals surface area contributed by atoms with Crippen molar-refractivity contribution >= 4 is 39.2 Å². The van der Waals surface area contributed by atoms with Crippen LogP contribution >= 0.6 is 15.9 Å². The smallest absolute Gasteiger partial charge is 0.295 e. The van der Waals surface area contributed by atoms with Gasteiger partial charge in [0.15, 0.2) is 0 Å². The zero-order valence-electron chi connectivity index (χ0n) is 14.9. The molecule has 6 nitrogen and oxygen atoms in total. The standard InChI is InChI=1S/C20H20BrN3O3/c1-13-12-23(19(26)14-5-3-2-4-6-14)9-10-24(13)20(27)18(25)16-8-7-15(21)11-17(16)22/h2-8,11,13H,9-10,12,22H2,1H3. The van der Waals surface area contributed by atoms with Crippen LogP contribution in [-0.4, -0.2) is 53.1 Å². The quantitative estimate of drug-likeness (QED) is 0.461. The highest BCUT2D eigenvalue weighted by Gasteiger charge is 2.33. The molecule has 1 atom stereocenters. The summed E-state index contributed by atoms with van der Waals surface area (Å²) in [4.78, 5) is 41.1. The Morgan fingerprint density at radius 2 is 1.78 bits per heavy atom. The fraction of sp³-hybridized carbons (Fsp3) is 0.250. The maximum Gasteiger partial charge on any atom is 0.295 e. The lowest BCUT2D eigenvalue weighted by Crippen LogP contribution is -2.56. The van der Waals surface area contributed by atoms with E-state index in [9.17, 15) is 14.4 Å². The average Bonchev–Trinajstić information content (AvgIpc) is 2.67. The molecule has 1 fully saturated rings. The van der Waals surface area contributed by atoms with Crippen molar-refractivity contribution in [2.45, 2.75) is 13.0 Å². The minimum absolute atomic E-state index is 0.0713. The van der Waals surface area contributed by atoms with E-state index in [1.807, 2.05) is 25.1 Å². The molecule has 140 valence electrons. The predicted molar refractivity (Wildman–Crippen MR) is 106 cm³/mol. The third-order valence-electron chi connectivity index (χ3n) is 4.65. The summed E-state index contributed by atoms with van der Waals surface area (Å²) in [7, 11) is 0. The van der Waals surface area contributed by atoms with Gasteiger partial charge in [-0.3, -0.25) is 14.4 Å². The lowest BCUT2D eigenvalue weighted by molar-refractivity contribution is -0.130. The third kappa shape index (κ3) is 4.03. The van der Waals surface area contributed by atoms with Gasteiger partial charge in [-0.05, 0) is 37.3 Å². The number of rotatable bonds is 3. The van der Waals surface area contributed by atoms with Crippen LogP contribution < -0.4 is 5.73 Å². The molecule has 2 aromatic carbocycles. The average molecular weight is 430 g/mol. The molecule has 0 aliphatic carbocycles. The number of nitrogens with two attached hydrogens (primary N) is 1. The molecule has 0 aromatic heterocycles. The summed E-state index contributed by atoms with van der Waals surface area (Å²) in [5.74, 6) is -1.30. The highest BCUT2D eigenvalue weighted by atomic mass is 79.9. The van der Waals surface area contributed by atoms with Gasteiger partial charge in [0.05, 0.1) is 5.56 Å². The number of piperazine rings is 1. The number of hydrogen-bond acceptors (Lipinski definition) is 4. The number of ketones is 1. The van der Waals surface area contributed by atoms with Crippen LogP contribution in [-0.2, 0) is 4.79 Å². The molecule has 7 heteroatoms. The van der Waals surface area contributed by atoms with Crippen molar-refractivity contribution in [3.8, 4) is 0 Å². The van der Waals surface area contributed by atoms with Crippen molar-refractivity contribution in [3.63, 3.8) is 0 Å². The molecule has 1 aliphatic rings. The van der Waals surface area contributed by atoms with Crippen LogP contribution in [0.3, 0.4) is 0 Å². The first kappa shape index (κ1) is 19.1. The Kier molecular flexibility index (Phi) is 5.60. The van der Waals surface area contributed by atoms with Crippen molar-refractivity contribution in [2.24, 2.45) is 0 Å². The monoisotopic (exact) mass is 429 g/mol. The van der Waals surface area contributed by atoms with Gasteiger partial charge in [-0.25, -0.2) is 0 Å². The number of halogens is 1. The molecule has 2 N–H and O–H groups in total. The summed E-state index contributed by atoms with van der Waals surface area (Å²) in [6.45, 7) is 2.90. The molecule has 0 radical (unpaired) electrons. The number of hydrogen-bond donors (Lipinski definition) is 1. The fourth-order valence-electron chi connectivity index (χ4n) is 3.19. The zero-order chi connectivity index (χ0) is 19.6. The van der Waals surface area contributed by atoms with Crippen LogP contribution in [0.2, 0.25) is 0 Å². The van der Waals surface area contributed by atoms with Crippen molar-refractivity contribution < 1.29 is 14.4 Å². The highest BCUT2D eigenvalue weighted by molar-refractivity contribution is 9.10. The Balaban J connectivity index is 1.70. The van der Waals surface area contributed by atoms with E-state index in [0.29, 0.717) is 25.2 Å². The first-order valence-electron chi connectivity index (χ1n) is 8.63. The molecule has 0 saturated carbocycles. The number of anilines is 1. The number of nitrogens with zero attached hydrogens (tertiary/aromatic N) is 2. The van der Waals surface area contributed by atoms with E-state index >= 15 is 0 Å².